The van der Waals surface area contributed by atoms with Gasteiger partial charge in [0.15, 0.2) is 0 Å². The van der Waals surface area contributed by atoms with E-state index in [1.165, 1.54) is 0 Å². The highest BCUT2D eigenvalue weighted by molar-refractivity contribution is 4.66. The fraction of sp³-hybridized carbons (Fsp3) is 1.00. The van der Waals surface area contributed by atoms with Crippen molar-refractivity contribution in [1.29, 1.82) is 0 Å². The SMILES string of the molecule is CCC(C)OCC(C)(C)OC. The minimum Gasteiger partial charge on any atom is -0.376 e. The molecule has 11 heavy (non-hydrogen) atoms. The molecule has 0 aromatic heterocycles. The van der Waals surface area contributed by atoms with Crippen LogP contribution in [0.4, 0.5) is 0 Å². The van der Waals surface area contributed by atoms with Crippen LogP contribution < -0.4 is 0 Å². The Labute approximate surface area is 69.9 Å². The first kappa shape index (κ1) is 10.9. The Bertz CT molecular complexity index is 99.7. The second-order valence-electron chi connectivity index (χ2n) is 3.49. The Hall–Kier alpha value is -0.0800. The molecule has 2 nitrogen and oxygen atoms in total. The van der Waals surface area contributed by atoms with Crippen molar-refractivity contribution in [1.82, 2.24) is 0 Å². The Balaban J connectivity index is 3.52. The fourth-order valence-electron chi connectivity index (χ4n) is 0.520. The summed E-state index contributed by atoms with van der Waals surface area (Å²) < 4.78 is 10.7. The third-order valence-corrected chi connectivity index (χ3v) is 1.84. The summed E-state index contributed by atoms with van der Waals surface area (Å²) in [6.45, 7) is 8.90. The van der Waals surface area contributed by atoms with Gasteiger partial charge in [0.05, 0.1) is 18.3 Å². The molecule has 0 saturated heterocycles. The van der Waals surface area contributed by atoms with Gasteiger partial charge in [-0.1, -0.05) is 6.92 Å². The molecule has 0 aliphatic carbocycles. The Morgan fingerprint density at radius 2 is 1.91 bits per heavy atom. The second kappa shape index (κ2) is 4.73. The summed E-state index contributed by atoms with van der Waals surface area (Å²) in [7, 11) is 1.71. The van der Waals surface area contributed by atoms with E-state index in [2.05, 4.69) is 13.8 Å². The van der Waals surface area contributed by atoms with Crippen molar-refractivity contribution in [2.45, 2.75) is 45.8 Å². The third kappa shape index (κ3) is 5.22. The van der Waals surface area contributed by atoms with E-state index in [0.29, 0.717) is 12.7 Å². The Kier molecular flexibility index (Phi) is 4.69. The molecule has 0 aromatic carbocycles. The molecule has 0 spiro atoms. The lowest BCUT2D eigenvalue weighted by Crippen LogP contribution is -2.31. The first-order valence-corrected chi connectivity index (χ1v) is 4.18. The van der Waals surface area contributed by atoms with Crippen molar-refractivity contribution in [3.8, 4) is 0 Å². The van der Waals surface area contributed by atoms with E-state index in [4.69, 9.17) is 9.47 Å². The Morgan fingerprint density at radius 1 is 1.36 bits per heavy atom. The molecule has 0 radical (unpaired) electrons. The van der Waals surface area contributed by atoms with Gasteiger partial charge in [-0.15, -0.1) is 0 Å². The van der Waals surface area contributed by atoms with Gasteiger partial charge in [-0.2, -0.15) is 0 Å². The molecule has 68 valence electrons. The molecular weight excluding hydrogens is 140 g/mol. The van der Waals surface area contributed by atoms with E-state index >= 15 is 0 Å². The van der Waals surface area contributed by atoms with Gasteiger partial charge in [0, 0.05) is 7.11 Å². The predicted molar refractivity (Wildman–Crippen MR) is 46.8 cm³/mol. The molecule has 0 aliphatic heterocycles. The van der Waals surface area contributed by atoms with Gasteiger partial charge in [0.1, 0.15) is 0 Å². The van der Waals surface area contributed by atoms with E-state index < -0.39 is 0 Å². The molecule has 0 fully saturated rings. The zero-order chi connectivity index (χ0) is 8.91. The molecule has 0 rings (SSSR count). The van der Waals surface area contributed by atoms with Crippen molar-refractivity contribution in [3.63, 3.8) is 0 Å². The zero-order valence-electron chi connectivity index (χ0n) is 8.31. The molecular formula is C9H20O2. The van der Waals surface area contributed by atoms with Crippen LogP contribution in [0, 0.1) is 0 Å². The van der Waals surface area contributed by atoms with Crippen molar-refractivity contribution < 1.29 is 9.47 Å². The third-order valence-electron chi connectivity index (χ3n) is 1.84. The minimum absolute atomic E-state index is 0.149. The number of rotatable bonds is 5. The summed E-state index contributed by atoms with van der Waals surface area (Å²) in [5.74, 6) is 0. The van der Waals surface area contributed by atoms with E-state index in [9.17, 15) is 0 Å². The number of methoxy groups -OCH3 is 1. The topological polar surface area (TPSA) is 18.5 Å². The van der Waals surface area contributed by atoms with Crippen LogP contribution in [0.3, 0.4) is 0 Å². The number of hydrogen-bond acceptors (Lipinski definition) is 2. The summed E-state index contributed by atoms with van der Waals surface area (Å²) in [6.07, 6.45) is 1.39. The summed E-state index contributed by atoms with van der Waals surface area (Å²) in [4.78, 5) is 0. The summed E-state index contributed by atoms with van der Waals surface area (Å²) in [5, 5.41) is 0. The molecule has 0 N–H and O–H groups in total. The molecule has 1 unspecified atom stereocenters. The molecule has 0 aromatic rings. The van der Waals surface area contributed by atoms with Crippen LogP contribution in [0.5, 0.6) is 0 Å². The van der Waals surface area contributed by atoms with Crippen molar-refractivity contribution in [2.24, 2.45) is 0 Å². The fourth-order valence-corrected chi connectivity index (χ4v) is 0.520. The highest BCUT2D eigenvalue weighted by Gasteiger charge is 2.17. The lowest BCUT2D eigenvalue weighted by atomic mass is 10.1. The largest absolute Gasteiger partial charge is 0.376 e. The average molecular weight is 160 g/mol. The normalized spacial score (nSPS) is 15.0. The predicted octanol–water partition coefficient (Wildman–Crippen LogP) is 2.23. The average Bonchev–Trinajstić information content (AvgIpc) is 2.00. The maximum Gasteiger partial charge on any atom is 0.0855 e. The maximum atomic E-state index is 5.52. The summed E-state index contributed by atoms with van der Waals surface area (Å²) in [5.41, 5.74) is -0.149. The van der Waals surface area contributed by atoms with Gasteiger partial charge in [-0.25, -0.2) is 0 Å². The second-order valence-corrected chi connectivity index (χ2v) is 3.49. The van der Waals surface area contributed by atoms with E-state index in [1.807, 2.05) is 13.8 Å². The van der Waals surface area contributed by atoms with Gasteiger partial charge in [-0.3, -0.25) is 0 Å². The van der Waals surface area contributed by atoms with E-state index in [1.54, 1.807) is 7.11 Å². The van der Waals surface area contributed by atoms with Crippen molar-refractivity contribution in [3.05, 3.63) is 0 Å². The van der Waals surface area contributed by atoms with Gasteiger partial charge in [0.2, 0.25) is 0 Å². The highest BCUT2D eigenvalue weighted by atomic mass is 16.5. The first-order valence-electron chi connectivity index (χ1n) is 4.18. The maximum absolute atomic E-state index is 5.52. The lowest BCUT2D eigenvalue weighted by Gasteiger charge is -2.24. The van der Waals surface area contributed by atoms with Crippen LogP contribution in [-0.2, 0) is 9.47 Å². The first-order chi connectivity index (χ1) is 5.02. The zero-order valence-corrected chi connectivity index (χ0v) is 8.31. The van der Waals surface area contributed by atoms with E-state index in [-0.39, 0.29) is 5.60 Å². The lowest BCUT2D eigenvalue weighted by molar-refractivity contribution is -0.0714. The van der Waals surface area contributed by atoms with Crippen LogP contribution in [-0.4, -0.2) is 25.4 Å². The molecule has 2 heteroatoms. The standard InChI is InChI=1S/C9H20O2/c1-6-8(2)11-7-9(3,4)10-5/h8H,6-7H2,1-5H3. The molecule has 0 saturated carbocycles. The van der Waals surface area contributed by atoms with Crippen LogP contribution in [0.25, 0.3) is 0 Å². The Morgan fingerprint density at radius 3 is 2.27 bits per heavy atom. The smallest absolute Gasteiger partial charge is 0.0855 e. The highest BCUT2D eigenvalue weighted by Crippen LogP contribution is 2.09. The number of ether oxygens (including phenoxy) is 2. The molecule has 0 amide bonds. The summed E-state index contributed by atoms with van der Waals surface area (Å²) >= 11 is 0. The van der Waals surface area contributed by atoms with Gasteiger partial charge in [-0.05, 0) is 27.2 Å². The summed E-state index contributed by atoms with van der Waals surface area (Å²) in [6, 6.07) is 0. The number of hydrogen-bond donors (Lipinski definition) is 0. The van der Waals surface area contributed by atoms with Crippen molar-refractivity contribution in [2.75, 3.05) is 13.7 Å². The molecule has 0 heterocycles. The van der Waals surface area contributed by atoms with Crippen LogP contribution in [0.15, 0.2) is 0 Å². The van der Waals surface area contributed by atoms with Crippen molar-refractivity contribution >= 4 is 0 Å². The van der Waals surface area contributed by atoms with Gasteiger partial charge in [0.25, 0.3) is 0 Å². The van der Waals surface area contributed by atoms with E-state index in [0.717, 1.165) is 6.42 Å². The molecule has 0 aliphatic rings. The van der Waals surface area contributed by atoms with Gasteiger partial charge >= 0.3 is 0 Å². The molecule has 0 bridgehead atoms. The minimum atomic E-state index is -0.149. The van der Waals surface area contributed by atoms with Crippen LogP contribution in [0.2, 0.25) is 0 Å². The van der Waals surface area contributed by atoms with Crippen LogP contribution >= 0.6 is 0 Å². The monoisotopic (exact) mass is 160 g/mol. The van der Waals surface area contributed by atoms with Gasteiger partial charge < -0.3 is 9.47 Å². The quantitative estimate of drug-likeness (QED) is 0.614. The van der Waals surface area contributed by atoms with Crippen LogP contribution in [0.1, 0.15) is 34.1 Å². The molecule has 1 atom stereocenters.